The molecule has 0 saturated heterocycles. The predicted octanol–water partition coefficient (Wildman–Crippen LogP) is 5.47. The lowest BCUT2D eigenvalue weighted by molar-refractivity contribution is 0.387. The third-order valence-electron chi connectivity index (χ3n) is 3.61. The SMILES string of the molecule is BrC1(Br)C=CC2=CC=C(c3cc4ccccc4cn3)OC2=C1. The van der Waals surface area contributed by atoms with E-state index in [0.29, 0.717) is 0 Å². The van der Waals surface area contributed by atoms with Crippen molar-refractivity contribution in [2.45, 2.75) is 3.23 Å². The number of aromatic nitrogens is 1. The zero-order chi connectivity index (χ0) is 15.2. The van der Waals surface area contributed by atoms with Crippen LogP contribution in [-0.2, 0) is 4.74 Å². The van der Waals surface area contributed by atoms with Crippen molar-refractivity contribution in [2.24, 2.45) is 0 Å². The van der Waals surface area contributed by atoms with Gasteiger partial charge in [-0.1, -0.05) is 68.3 Å². The van der Waals surface area contributed by atoms with Gasteiger partial charge in [0.25, 0.3) is 0 Å². The first-order valence-electron chi connectivity index (χ1n) is 6.86. The highest BCUT2D eigenvalue weighted by atomic mass is 79.9. The lowest BCUT2D eigenvalue weighted by Crippen LogP contribution is -2.12. The summed E-state index contributed by atoms with van der Waals surface area (Å²) in [4.78, 5) is 4.51. The Morgan fingerprint density at radius 3 is 2.68 bits per heavy atom. The highest BCUT2D eigenvalue weighted by molar-refractivity contribution is 9.25. The van der Waals surface area contributed by atoms with E-state index in [2.05, 4.69) is 55.0 Å². The van der Waals surface area contributed by atoms with Gasteiger partial charge in [0, 0.05) is 17.2 Å². The van der Waals surface area contributed by atoms with Crippen LogP contribution in [0.3, 0.4) is 0 Å². The van der Waals surface area contributed by atoms with E-state index in [9.17, 15) is 0 Å². The molecular weight excluding hydrogens is 406 g/mol. The fraction of sp³-hybridized carbons (Fsp3) is 0.0556. The van der Waals surface area contributed by atoms with Crippen molar-refractivity contribution in [1.29, 1.82) is 0 Å². The molecule has 4 heteroatoms. The molecule has 1 aliphatic carbocycles. The predicted molar refractivity (Wildman–Crippen MR) is 96.7 cm³/mol. The summed E-state index contributed by atoms with van der Waals surface area (Å²) in [6, 6.07) is 10.2. The molecule has 2 nitrogen and oxygen atoms in total. The van der Waals surface area contributed by atoms with Crippen LogP contribution in [-0.4, -0.2) is 8.22 Å². The molecule has 1 aliphatic heterocycles. The molecule has 0 spiro atoms. The molecule has 1 aromatic carbocycles. The van der Waals surface area contributed by atoms with Gasteiger partial charge in [0.15, 0.2) is 5.76 Å². The third-order valence-corrected chi connectivity index (χ3v) is 4.60. The van der Waals surface area contributed by atoms with Gasteiger partial charge in [0.1, 0.15) is 14.7 Å². The Balaban J connectivity index is 1.75. The highest BCUT2D eigenvalue weighted by Gasteiger charge is 2.25. The van der Waals surface area contributed by atoms with Gasteiger partial charge in [0.2, 0.25) is 0 Å². The van der Waals surface area contributed by atoms with Gasteiger partial charge >= 0.3 is 0 Å². The molecule has 22 heavy (non-hydrogen) atoms. The van der Waals surface area contributed by atoms with E-state index in [1.807, 2.05) is 48.7 Å². The fourth-order valence-electron chi connectivity index (χ4n) is 2.49. The minimum Gasteiger partial charge on any atom is -0.455 e. The van der Waals surface area contributed by atoms with Crippen LogP contribution < -0.4 is 0 Å². The molecule has 0 saturated carbocycles. The van der Waals surface area contributed by atoms with E-state index in [1.54, 1.807) is 0 Å². The average Bonchev–Trinajstić information content (AvgIpc) is 2.53. The molecule has 0 amide bonds. The molecule has 108 valence electrons. The topological polar surface area (TPSA) is 22.1 Å². The van der Waals surface area contributed by atoms with Gasteiger partial charge in [-0.15, -0.1) is 0 Å². The maximum atomic E-state index is 6.04. The number of alkyl halides is 2. The van der Waals surface area contributed by atoms with Crippen LogP contribution in [0.25, 0.3) is 16.5 Å². The summed E-state index contributed by atoms with van der Waals surface area (Å²) in [5.74, 6) is 1.58. The van der Waals surface area contributed by atoms with Crippen molar-refractivity contribution >= 4 is 48.4 Å². The van der Waals surface area contributed by atoms with Crippen LogP contribution in [0.5, 0.6) is 0 Å². The number of halogens is 2. The molecule has 0 bridgehead atoms. The second-order valence-electron chi connectivity index (χ2n) is 5.19. The molecule has 1 aromatic heterocycles. The lowest BCUT2D eigenvalue weighted by atomic mass is 10.0. The van der Waals surface area contributed by atoms with E-state index in [1.165, 1.54) is 0 Å². The van der Waals surface area contributed by atoms with Crippen molar-refractivity contribution in [3.63, 3.8) is 0 Å². The van der Waals surface area contributed by atoms with Gasteiger partial charge < -0.3 is 4.74 Å². The number of rotatable bonds is 1. The number of pyridine rings is 1. The summed E-state index contributed by atoms with van der Waals surface area (Å²) in [7, 11) is 0. The van der Waals surface area contributed by atoms with Crippen LogP contribution in [0.15, 0.2) is 78.2 Å². The van der Waals surface area contributed by atoms with E-state index in [4.69, 9.17) is 4.74 Å². The average molecular weight is 417 g/mol. The summed E-state index contributed by atoms with van der Waals surface area (Å²) in [5.41, 5.74) is 1.89. The number of ether oxygens (including phenoxy) is 1. The van der Waals surface area contributed by atoms with Crippen LogP contribution in [0.4, 0.5) is 0 Å². The maximum absolute atomic E-state index is 6.04. The highest BCUT2D eigenvalue weighted by Crippen LogP contribution is 2.39. The molecule has 0 unspecified atom stereocenters. The monoisotopic (exact) mass is 415 g/mol. The standard InChI is InChI=1S/C18H11Br2NO/c19-18(20)8-7-12-5-6-16(22-17(12)10-18)15-9-13-3-1-2-4-14(13)11-21-15/h1-11H. The quantitative estimate of drug-likeness (QED) is 0.575. The second-order valence-corrected chi connectivity index (χ2v) is 8.88. The van der Waals surface area contributed by atoms with Crippen LogP contribution in [0.2, 0.25) is 0 Å². The summed E-state index contributed by atoms with van der Waals surface area (Å²) < 4.78 is 5.69. The molecule has 2 aromatic rings. The Kier molecular flexibility index (Phi) is 3.31. The van der Waals surface area contributed by atoms with Gasteiger partial charge in [-0.3, -0.25) is 4.98 Å². The van der Waals surface area contributed by atoms with Crippen molar-refractivity contribution < 1.29 is 4.74 Å². The van der Waals surface area contributed by atoms with Crippen LogP contribution in [0.1, 0.15) is 5.69 Å². The number of fused-ring (bicyclic) bond motifs is 2. The van der Waals surface area contributed by atoms with E-state index in [-0.39, 0.29) is 3.23 Å². The second kappa shape index (κ2) is 5.21. The Labute approximate surface area is 145 Å². The Morgan fingerprint density at radius 2 is 1.82 bits per heavy atom. The number of hydrogen-bond donors (Lipinski definition) is 0. The van der Waals surface area contributed by atoms with E-state index >= 15 is 0 Å². The fourth-order valence-corrected chi connectivity index (χ4v) is 3.17. The van der Waals surface area contributed by atoms with E-state index < -0.39 is 0 Å². The van der Waals surface area contributed by atoms with Crippen molar-refractivity contribution in [3.05, 3.63) is 83.9 Å². The summed E-state index contributed by atoms with van der Waals surface area (Å²) in [6.45, 7) is 0. The minimum absolute atomic E-state index is 0.355. The first-order valence-corrected chi connectivity index (χ1v) is 8.45. The van der Waals surface area contributed by atoms with E-state index in [0.717, 1.165) is 33.6 Å². The number of hydrogen-bond acceptors (Lipinski definition) is 2. The summed E-state index contributed by atoms with van der Waals surface area (Å²) in [6.07, 6.45) is 11.9. The summed E-state index contributed by atoms with van der Waals surface area (Å²) in [5, 5.41) is 2.28. The zero-order valence-electron chi connectivity index (χ0n) is 11.5. The number of allylic oxidation sites excluding steroid dienone is 5. The van der Waals surface area contributed by atoms with Gasteiger partial charge in [-0.05, 0) is 29.7 Å². The molecule has 0 fully saturated rings. The van der Waals surface area contributed by atoms with Crippen molar-refractivity contribution in [2.75, 3.05) is 0 Å². The largest absolute Gasteiger partial charge is 0.455 e. The third kappa shape index (κ3) is 2.57. The first kappa shape index (κ1) is 14.0. The number of benzene rings is 1. The van der Waals surface area contributed by atoms with Gasteiger partial charge in [-0.25, -0.2) is 0 Å². The Hall–Kier alpha value is -1.65. The first-order chi connectivity index (χ1) is 10.6. The van der Waals surface area contributed by atoms with Gasteiger partial charge in [-0.2, -0.15) is 0 Å². The van der Waals surface area contributed by atoms with Crippen LogP contribution >= 0.6 is 31.9 Å². The summed E-state index contributed by atoms with van der Waals surface area (Å²) >= 11 is 7.15. The smallest absolute Gasteiger partial charge is 0.153 e. The van der Waals surface area contributed by atoms with Crippen molar-refractivity contribution in [1.82, 2.24) is 4.98 Å². The molecule has 0 atom stereocenters. The molecule has 2 heterocycles. The Morgan fingerprint density at radius 1 is 1.00 bits per heavy atom. The molecule has 0 radical (unpaired) electrons. The van der Waals surface area contributed by atoms with Crippen LogP contribution in [0, 0.1) is 0 Å². The molecule has 0 N–H and O–H groups in total. The normalized spacial score (nSPS) is 18.9. The molecule has 4 rings (SSSR count). The molecule has 2 aliphatic rings. The Bertz CT molecular complexity index is 891. The maximum Gasteiger partial charge on any atom is 0.153 e. The van der Waals surface area contributed by atoms with Gasteiger partial charge in [0.05, 0.1) is 0 Å². The number of nitrogens with zero attached hydrogens (tertiary/aromatic N) is 1. The lowest BCUT2D eigenvalue weighted by Gasteiger charge is -2.24. The zero-order valence-corrected chi connectivity index (χ0v) is 14.6. The molecular formula is C18H11Br2NO. The van der Waals surface area contributed by atoms with Crippen molar-refractivity contribution in [3.8, 4) is 0 Å². The minimum atomic E-state index is -0.355.